The highest BCUT2D eigenvalue weighted by molar-refractivity contribution is 6.39. The minimum absolute atomic E-state index is 0.421. The third-order valence-corrected chi connectivity index (χ3v) is 4.82. The van der Waals surface area contributed by atoms with Gasteiger partial charge in [-0.15, -0.1) is 0 Å². The van der Waals surface area contributed by atoms with E-state index in [2.05, 4.69) is 40.8 Å². The third-order valence-electron chi connectivity index (χ3n) is 4.82. The first-order valence-electron chi connectivity index (χ1n) is 9.72. The standard InChI is InChI=1S/C22H27N3O3/c1-3-28-19-9-7-18(8-10-19)24-22(27)21(26)23-13-12-16-6-11-20-17(15-16)5-4-14-25(20)2/h6-11,15H,3-5,12-14H2,1-2H3,(H,23,26)(H,24,27). The van der Waals surface area contributed by atoms with Crippen molar-refractivity contribution in [2.75, 3.05) is 37.0 Å². The van der Waals surface area contributed by atoms with E-state index in [1.54, 1.807) is 24.3 Å². The highest BCUT2D eigenvalue weighted by atomic mass is 16.5. The normalized spacial score (nSPS) is 12.9. The zero-order valence-electron chi connectivity index (χ0n) is 16.5. The molecule has 0 unspecified atom stereocenters. The second-order valence-corrected chi connectivity index (χ2v) is 6.91. The Morgan fingerprint density at radius 2 is 1.89 bits per heavy atom. The maximum absolute atomic E-state index is 12.0. The number of amides is 2. The molecular formula is C22H27N3O3. The smallest absolute Gasteiger partial charge is 0.313 e. The summed E-state index contributed by atoms with van der Waals surface area (Å²) in [6.07, 6.45) is 2.94. The lowest BCUT2D eigenvalue weighted by molar-refractivity contribution is -0.136. The van der Waals surface area contributed by atoms with Gasteiger partial charge in [-0.25, -0.2) is 0 Å². The van der Waals surface area contributed by atoms with Gasteiger partial charge in [0.25, 0.3) is 0 Å². The molecule has 6 nitrogen and oxygen atoms in total. The Bertz CT molecular complexity index is 833. The number of rotatable bonds is 6. The van der Waals surface area contributed by atoms with Gasteiger partial charge < -0.3 is 20.3 Å². The van der Waals surface area contributed by atoms with Gasteiger partial charge in [0.1, 0.15) is 5.75 Å². The Kier molecular flexibility index (Phi) is 6.53. The predicted molar refractivity (Wildman–Crippen MR) is 111 cm³/mol. The number of fused-ring (bicyclic) bond motifs is 1. The molecule has 0 saturated heterocycles. The summed E-state index contributed by atoms with van der Waals surface area (Å²) < 4.78 is 5.35. The largest absolute Gasteiger partial charge is 0.494 e. The molecule has 1 heterocycles. The quantitative estimate of drug-likeness (QED) is 0.755. The number of hydrogen-bond acceptors (Lipinski definition) is 4. The van der Waals surface area contributed by atoms with Gasteiger partial charge in [-0.3, -0.25) is 9.59 Å². The highest BCUT2D eigenvalue weighted by Gasteiger charge is 2.15. The van der Waals surface area contributed by atoms with Crippen molar-refractivity contribution >= 4 is 23.2 Å². The molecule has 2 aromatic carbocycles. The van der Waals surface area contributed by atoms with E-state index >= 15 is 0 Å². The van der Waals surface area contributed by atoms with Gasteiger partial charge in [0.2, 0.25) is 0 Å². The molecule has 0 bridgehead atoms. The van der Waals surface area contributed by atoms with Crippen LogP contribution in [0, 0.1) is 0 Å². The first-order valence-corrected chi connectivity index (χ1v) is 9.72. The van der Waals surface area contributed by atoms with Crippen molar-refractivity contribution in [2.45, 2.75) is 26.2 Å². The van der Waals surface area contributed by atoms with Crippen molar-refractivity contribution in [2.24, 2.45) is 0 Å². The fourth-order valence-corrected chi connectivity index (χ4v) is 3.38. The van der Waals surface area contributed by atoms with Crippen LogP contribution in [0.15, 0.2) is 42.5 Å². The summed E-state index contributed by atoms with van der Waals surface area (Å²) in [4.78, 5) is 26.3. The molecule has 0 fully saturated rings. The summed E-state index contributed by atoms with van der Waals surface area (Å²) >= 11 is 0. The van der Waals surface area contributed by atoms with E-state index in [1.807, 2.05) is 6.92 Å². The van der Waals surface area contributed by atoms with Crippen LogP contribution >= 0.6 is 0 Å². The molecule has 0 aromatic heterocycles. The maximum Gasteiger partial charge on any atom is 0.313 e. The van der Waals surface area contributed by atoms with Gasteiger partial charge >= 0.3 is 11.8 Å². The van der Waals surface area contributed by atoms with Crippen molar-refractivity contribution in [3.05, 3.63) is 53.6 Å². The maximum atomic E-state index is 12.0. The van der Waals surface area contributed by atoms with Crippen LogP contribution in [0.25, 0.3) is 0 Å². The molecule has 3 rings (SSSR count). The lowest BCUT2D eigenvalue weighted by Crippen LogP contribution is -2.36. The monoisotopic (exact) mass is 381 g/mol. The zero-order chi connectivity index (χ0) is 19.9. The number of benzene rings is 2. The van der Waals surface area contributed by atoms with E-state index in [0.717, 1.165) is 25.1 Å². The minimum Gasteiger partial charge on any atom is -0.494 e. The summed E-state index contributed by atoms with van der Waals surface area (Å²) in [5.41, 5.74) is 4.36. The summed E-state index contributed by atoms with van der Waals surface area (Å²) in [5, 5.41) is 5.28. The number of anilines is 2. The van der Waals surface area contributed by atoms with Crippen LogP contribution in [0.2, 0.25) is 0 Å². The molecule has 148 valence electrons. The molecule has 0 spiro atoms. The van der Waals surface area contributed by atoms with Gasteiger partial charge in [-0.1, -0.05) is 12.1 Å². The Balaban J connectivity index is 1.46. The van der Waals surface area contributed by atoms with Gasteiger partial charge in [0.05, 0.1) is 6.61 Å². The molecule has 0 aliphatic carbocycles. The molecule has 2 aromatic rings. The molecule has 1 aliphatic heterocycles. The minimum atomic E-state index is -0.670. The Hall–Kier alpha value is -3.02. The van der Waals surface area contributed by atoms with Crippen LogP contribution in [-0.4, -0.2) is 38.6 Å². The van der Waals surface area contributed by atoms with E-state index in [1.165, 1.54) is 16.8 Å². The number of nitrogens with zero attached hydrogens (tertiary/aromatic N) is 1. The number of aryl methyl sites for hydroxylation is 1. The summed E-state index contributed by atoms with van der Waals surface area (Å²) in [5.74, 6) is -0.580. The fourth-order valence-electron chi connectivity index (χ4n) is 3.38. The Morgan fingerprint density at radius 3 is 2.64 bits per heavy atom. The first kappa shape index (κ1) is 19.7. The topological polar surface area (TPSA) is 70.7 Å². The van der Waals surface area contributed by atoms with E-state index in [4.69, 9.17) is 4.74 Å². The molecule has 0 radical (unpaired) electrons. The molecule has 28 heavy (non-hydrogen) atoms. The summed E-state index contributed by atoms with van der Waals surface area (Å²) in [6.45, 7) is 3.99. The average Bonchev–Trinajstić information content (AvgIpc) is 2.69. The number of hydrogen-bond donors (Lipinski definition) is 2. The molecule has 1 aliphatic rings. The van der Waals surface area contributed by atoms with Crippen molar-refractivity contribution in [3.63, 3.8) is 0 Å². The lowest BCUT2D eigenvalue weighted by atomic mass is 9.98. The number of carbonyl (C=O) groups is 2. The van der Waals surface area contributed by atoms with E-state index < -0.39 is 11.8 Å². The van der Waals surface area contributed by atoms with Crippen LogP contribution in [0.1, 0.15) is 24.5 Å². The molecule has 0 saturated carbocycles. The van der Waals surface area contributed by atoms with Gasteiger partial charge in [-0.2, -0.15) is 0 Å². The number of ether oxygens (including phenoxy) is 1. The van der Waals surface area contributed by atoms with Crippen LogP contribution < -0.4 is 20.3 Å². The number of nitrogens with one attached hydrogen (secondary N) is 2. The molecule has 6 heteroatoms. The van der Waals surface area contributed by atoms with Gasteiger partial charge in [0, 0.05) is 31.5 Å². The lowest BCUT2D eigenvalue weighted by Gasteiger charge is -2.27. The fraction of sp³-hybridized carbons (Fsp3) is 0.364. The second kappa shape index (κ2) is 9.26. The van der Waals surface area contributed by atoms with E-state index in [9.17, 15) is 9.59 Å². The SMILES string of the molecule is CCOc1ccc(NC(=O)C(=O)NCCc2ccc3c(c2)CCCN3C)cc1. The molecular weight excluding hydrogens is 354 g/mol. The zero-order valence-corrected chi connectivity index (χ0v) is 16.5. The van der Waals surface area contributed by atoms with Crippen molar-refractivity contribution in [1.29, 1.82) is 0 Å². The highest BCUT2D eigenvalue weighted by Crippen LogP contribution is 2.26. The van der Waals surface area contributed by atoms with Crippen LogP contribution in [-0.2, 0) is 22.4 Å². The molecule has 2 amide bonds. The van der Waals surface area contributed by atoms with Crippen molar-refractivity contribution in [3.8, 4) is 5.75 Å². The third kappa shape index (κ3) is 5.03. The Labute approximate surface area is 165 Å². The summed E-state index contributed by atoms with van der Waals surface area (Å²) in [7, 11) is 2.11. The second-order valence-electron chi connectivity index (χ2n) is 6.91. The first-order chi connectivity index (χ1) is 13.6. The van der Waals surface area contributed by atoms with Crippen molar-refractivity contribution < 1.29 is 14.3 Å². The van der Waals surface area contributed by atoms with Gasteiger partial charge in [-0.05, 0) is 67.6 Å². The van der Waals surface area contributed by atoms with E-state index in [0.29, 0.717) is 25.3 Å². The average molecular weight is 381 g/mol. The van der Waals surface area contributed by atoms with Crippen LogP contribution in [0.3, 0.4) is 0 Å². The predicted octanol–water partition coefficient (Wildman–Crippen LogP) is 2.77. The molecule has 2 N–H and O–H groups in total. The van der Waals surface area contributed by atoms with Crippen LogP contribution in [0.5, 0.6) is 5.75 Å². The summed E-state index contributed by atoms with van der Waals surface area (Å²) in [6, 6.07) is 13.4. The van der Waals surface area contributed by atoms with Gasteiger partial charge in [0.15, 0.2) is 0 Å². The molecule has 0 atom stereocenters. The number of carbonyl (C=O) groups excluding carboxylic acids is 2. The van der Waals surface area contributed by atoms with E-state index in [-0.39, 0.29) is 0 Å². The Morgan fingerprint density at radius 1 is 1.11 bits per heavy atom. The van der Waals surface area contributed by atoms with Crippen molar-refractivity contribution in [1.82, 2.24) is 5.32 Å². The van der Waals surface area contributed by atoms with Crippen LogP contribution in [0.4, 0.5) is 11.4 Å².